The van der Waals surface area contributed by atoms with E-state index in [0.717, 1.165) is 38.9 Å². The van der Waals surface area contributed by atoms with Gasteiger partial charge in [0.25, 0.3) is 0 Å². The molecule has 0 spiro atoms. The Hall–Kier alpha value is -2.13. The van der Waals surface area contributed by atoms with Gasteiger partial charge >= 0.3 is 0 Å². The van der Waals surface area contributed by atoms with Crippen molar-refractivity contribution in [1.29, 1.82) is 0 Å². The van der Waals surface area contributed by atoms with Gasteiger partial charge in [0.15, 0.2) is 0 Å². The fourth-order valence-corrected chi connectivity index (χ4v) is 4.03. The summed E-state index contributed by atoms with van der Waals surface area (Å²) in [6, 6.07) is 21.0. The zero-order valence-corrected chi connectivity index (χ0v) is 16.2. The third-order valence-electron chi connectivity index (χ3n) is 5.48. The van der Waals surface area contributed by atoms with Crippen LogP contribution in [0.3, 0.4) is 0 Å². The standard InChI is InChI=1S/C24H32N2O/c27-24(26-15-13-22-12-7-14-25-19-22)18-23(16-20-8-3-1-4-9-20)17-21-10-5-2-6-11-21/h1-6,8-11,22-23,25H,7,12-19H2,(H,26,27). The minimum Gasteiger partial charge on any atom is -0.356 e. The molecule has 0 aromatic heterocycles. The molecule has 27 heavy (non-hydrogen) atoms. The first-order valence-corrected chi connectivity index (χ1v) is 10.3. The monoisotopic (exact) mass is 364 g/mol. The lowest BCUT2D eigenvalue weighted by molar-refractivity contribution is -0.122. The van der Waals surface area contributed by atoms with Crippen LogP contribution in [0.25, 0.3) is 0 Å². The first-order chi connectivity index (χ1) is 13.3. The number of benzene rings is 2. The molecule has 2 aromatic carbocycles. The lowest BCUT2D eigenvalue weighted by Crippen LogP contribution is -2.33. The minimum absolute atomic E-state index is 0.190. The SMILES string of the molecule is O=C(CC(Cc1ccccc1)Cc1ccccc1)NCCC1CCCNC1. The summed E-state index contributed by atoms with van der Waals surface area (Å²) in [7, 11) is 0. The van der Waals surface area contributed by atoms with Gasteiger partial charge in [-0.15, -0.1) is 0 Å². The first kappa shape index (κ1) is 19.6. The Morgan fingerprint density at radius 2 is 1.63 bits per heavy atom. The number of hydrogen-bond donors (Lipinski definition) is 2. The van der Waals surface area contributed by atoms with E-state index in [4.69, 9.17) is 0 Å². The van der Waals surface area contributed by atoms with Gasteiger partial charge in [-0.3, -0.25) is 4.79 Å². The van der Waals surface area contributed by atoms with Crippen molar-refractivity contribution in [2.75, 3.05) is 19.6 Å². The number of hydrogen-bond acceptors (Lipinski definition) is 2. The number of carbonyl (C=O) groups excluding carboxylic acids is 1. The molecule has 3 rings (SSSR count). The Bertz CT molecular complexity index is 624. The molecule has 0 saturated carbocycles. The Morgan fingerprint density at radius 1 is 1.00 bits per heavy atom. The van der Waals surface area contributed by atoms with Crippen LogP contribution >= 0.6 is 0 Å². The summed E-state index contributed by atoms with van der Waals surface area (Å²) in [4.78, 5) is 12.5. The molecule has 3 nitrogen and oxygen atoms in total. The van der Waals surface area contributed by atoms with Crippen molar-refractivity contribution in [3.63, 3.8) is 0 Å². The van der Waals surface area contributed by atoms with E-state index in [1.54, 1.807) is 0 Å². The largest absolute Gasteiger partial charge is 0.356 e. The smallest absolute Gasteiger partial charge is 0.220 e. The second kappa shape index (κ2) is 10.9. The summed E-state index contributed by atoms with van der Waals surface area (Å²) in [5.74, 6) is 1.23. The third-order valence-corrected chi connectivity index (χ3v) is 5.48. The molecule has 3 heteroatoms. The van der Waals surface area contributed by atoms with Crippen LogP contribution in [0.1, 0.15) is 36.8 Å². The molecular weight excluding hydrogens is 332 g/mol. The van der Waals surface area contributed by atoms with Gasteiger partial charge in [0, 0.05) is 13.0 Å². The second-order valence-corrected chi connectivity index (χ2v) is 7.80. The predicted molar refractivity (Wildman–Crippen MR) is 112 cm³/mol. The lowest BCUT2D eigenvalue weighted by atomic mass is 9.89. The van der Waals surface area contributed by atoms with Crippen LogP contribution in [0.4, 0.5) is 0 Å². The molecule has 1 heterocycles. The maximum Gasteiger partial charge on any atom is 0.220 e. The van der Waals surface area contributed by atoms with Crippen LogP contribution in [-0.4, -0.2) is 25.5 Å². The maximum absolute atomic E-state index is 12.5. The summed E-state index contributed by atoms with van der Waals surface area (Å²) in [6.07, 6.45) is 6.10. The lowest BCUT2D eigenvalue weighted by Gasteiger charge is -2.23. The van der Waals surface area contributed by atoms with Crippen LogP contribution in [0.2, 0.25) is 0 Å². The van der Waals surface area contributed by atoms with Gasteiger partial charge in [-0.25, -0.2) is 0 Å². The van der Waals surface area contributed by atoms with E-state index < -0.39 is 0 Å². The Balaban J connectivity index is 1.50. The molecule has 0 aliphatic carbocycles. The van der Waals surface area contributed by atoms with Gasteiger partial charge in [-0.2, -0.15) is 0 Å². The summed E-state index contributed by atoms with van der Waals surface area (Å²) < 4.78 is 0. The van der Waals surface area contributed by atoms with E-state index in [9.17, 15) is 4.79 Å². The summed E-state index contributed by atoms with van der Waals surface area (Å²) >= 11 is 0. The Labute approximate surface area is 163 Å². The van der Waals surface area contributed by atoms with Gasteiger partial charge in [0.1, 0.15) is 0 Å². The van der Waals surface area contributed by atoms with E-state index >= 15 is 0 Å². The van der Waals surface area contributed by atoms with E-state index in [-0.39, 0.29) is 5.91 Å². The highest BCUT2D eigenvalue weighted by Crippen LogP contribution is 2.18. The van der Waals surface area contributed by atoms with Gasteiger partial charge in [-0.1, -0.05) is 60.7 Å². The topological polar surface area (TPSA) is 41.1 Å². The zero-order valence-electron chi connectivity index (χ0n) is 16.2. The van der Waals surface area contributed by atoms with Crippen molar-refractivity contribution in [2.24, 2.45) is 11.8 Å². The van der Waals surface area contributed by atoms with E-state index in [1.807, 2.05) is 12.1 Å². The minimum atomic E-state index is 0.190. The number of amides is 1. The van der Waals surface area contributed by atoms with Crippen molar-refractivity contribution in [2.45, 2.75) is 38.5 Å². The molecule has 1 fully saturated rings. The predicted octanol–water partition coefficient (Wildman–Crippen LogP) is 3.98. The highest BCUT2D eigenvalue weighted by atomic mass is 16.1. The number of nitrogens with one attached hydrogen (secondary N) is 2. The summed E-state index contributed by atoms with van der Waals surface area (Å²) in [5, 5.41) is 6.61. The molecular formula is C24H32N2O. The van der Waals surface area contributed by atoms with Gasteiger partial charge in [-0.05, 0) is 68.2 Å². The van der Waals surface area contributed by atoms with Crippen molar-refractivity contribution >= 4 is 5.91 Å². The van der Waals surface area contributed by atoms with Crippen LogP contribution in [-0.2, 0) is 17.6 Å². The molecule has 1 saturated heterocycles. The van der Waals surface area contributed by atoms with E-state index in [2.05, 4.69) is 59.2 Å². The van der Waals surface area contributed by atoms with Crippen LogP contribution in [0.5, 0.6) is 0 Å². The van der Waals surface area contributed by atoms with Crippen molar-refractivity contribution in [3.8, 4) is 0 Å². The van der Waals surface area contributed by atoms with Crippen molar-refractivity contribution < 1.29 is 4.79 Å². The van der Waals surface area contributed by atoms with Crippen molar-refractivity contribution in [3.05, 3.63) is 71.8 Å². The maximum atomic E-state index is 12.5. The molecule has 2 aromatic rings. The number of rotatable bonds is 9. The highest BCUT2D eigenvalue weighted by Gasteiger charge is 2.17. The molecule has 1 unspecified atom stereocenters. The van der Waals surface area contributed by atoms with Crippen molar-refractivity contribution in [1.82, 2.24) is 10.6 Å². The normalized spacial score (nSPS) is 17.0. The Morgan fingerprint density at radius 3 is 2.19 bits per heavy atom. The quantitative estimate of drug-likeness (QED) is 0.706. The fraction of sp³-hybridized carbons (Fsp3) is 0.458. The van der Waals surface area contributed by atoms with Crippen LogP contribution in [0, 0.1) is 11.8 Å². The number of carbonyl (C=O) groups is 1. The molecule has 1 aliphatic rings. The van der Waals surface area contributed by atoms with Crippen LogP contribution in [0.15, 0.2) is 60.7 Å². The highest BCUT2D eigenvalue weighted by molar-refractivity contribution is 5.76. The molecule has 0 radical (unpaired) electrons. The molecule has 144 valence electrons. The zero-order chi connectivity index (χ0) is 18.7. The average molecular weight is 365 g/mol. The third kappa shape index (κ3) is 7.18. The fourth-order valence-electron chi connectivity index (χ4n) is 4.03. The van der Waals surface area contributed by atoms with Gasteiger partial charge < -0.3 is 10.6 Å². The molecule has 1 amide bonds. The Kier molecular flexibility index (Phi) is 7.91. The molecule has 1 aliphatic heterocycles. The van der Waals surface area contributed by atoms with Gasteiger partial charge in [0.05, 0.1) is 0 Å². The first-order valence-electron chi connectivity index (χ1n) is 10.3. The van der Waals surface area contributed by atoms with Gasteiger partial charge in [0.2, 0.25) is 5.91 Å². The van der Waals surface area contributed by atoms with Crippen LogP contribution < -0.4 is 10.6 Å². The summed E-state index contributed by atoms with van der Waals surface area (Å²) in [5.41, 5.74) is 2.61. The number of piperidine rings is 1. The average Bonchev–Trinajstić information content (AvgIpc) is 2.70. The van der Waals surface area contributed by atoms with E-state index in [0.29, 0.717) is 18.3 Å². The molecule has 2 N–H and O–H groups in total. The van der Waals surface area contributed by atoms with E-state index in [1.165, 1.54) is 24.0 Å². The molecule has 0 bridgehead atoms. The second-order valence-electron chi connectivity index (χ2n) is 7.80. The summed E-state index contributed by atoms with van der Waals surface area (Å²) in [6.45, 7) is 3.04. The molecule has 1 atom stereocenters.